The Morgan fingerprint density at radius 1 is 1.40 bits per heavy atom. The van der Waals surface area contributed by atoms with Crippen molar-refractivity contribution >= 4 is 15.7 Å². The van der Waals surface area contributed by atoms with Crippen molar-refractivity contribution in [3.63, 3.8) is 0 Å². The highest BCUT2D eigenvalue weighted by Gasteiger charge is 2.33. The third-order valence-corrected chi connectivity index (χ3v) is 5.34. The molecule has 0 amide bonds. The second kappa shape index (κ2) is 5.23. The molecule has 20 heavy (non-hydrogen) atoms. The van der Waals surface area contributed by atoms with Gasteiger partial charge in [0.25, 0.3) is 5.69 Å². The van der Waals surface area contributed by atoms with E-state index in [4.69, 9.17) is 6.42 Å². The molecule has 0 aliphatic carbocycles. The van der Waals surface area contributed by atoms with Gasteiger partial charge < -0.3 is 0 Å². The molecule has 108 valence electrons. The predicted octanol–water partition coefficient (Wildman–Crippen LogP) is 1.94. The summed E-state index contributed by atoms with van der Waals surface area (Å²) in [6.07, 6.45) is 5.34. The predicted molar refractivity (Wildman–Crippen MR) is 75.7 cm³/mol. The van der Waals surface area contributed by atoms with Gasteiger partial charge in [0.15, 0.2) is 0 Å². The first-order valence-electron chi connectivity index (χ1n) is 5.76. The van der Waals surface area contributed by atoms with Crippen molar-refractivity contribution in [1.29, 1.82) is 0 Å². The molecule has 0 saturated heterocycles. The number of hydrogen-bond donors (Lipinski definition) is 0. The number of benzene rings is 1. The van der Waals surface area contributed by atoms with Gasteiger partial charge in [0, 0.05) is 19.2 Å². The number of hydrogen-bond acceptors (Lipinski definition) is 4. The van der Waals surface area contributed by atoms with E-state index < -0.39 is 20.5 Å². The van der Waals surface area contributed by atoms with E-state index in [1.54, 1.807) is 13.8 Å². The monoisotopic (exact) mass is 296 g/mol. The molecule has 0 aromatic heterocycles. The lowest BCUT2D eigenvalue weighted by atomic mass is 10.1. The molecule has 1 aromatic rings. The minimum Gasteiger partial charge on any atom is -0.258 e. The number of non-ortho nitro benzene ring substituents is 1. The van der Waals surface area contributed by atoms with Crippen LogP contribution in [0, 0.1) is 29.4 Å². The summed E-state index contributed by atoms with van der Waals surface area (Å²) in [6.45, 7) is 4.72. The zero-order valence-corrected chi connectivity index (χ0v) is 12.6. The minimum atomic E-state index is -3.81. The first-order valence-corrected chi connectivity index (χ1v) is 7.20. The van der Waals surface area contributed by atoms with Crippen molar-refractivity contribution in [2.75, 3.05) is 7.05 Å². The topological polar surface area (TPSA) is 80.5 Å². The second-order valence-corrected chi connectivity index (χ2v) is 6.82. The highest BCUT2D eigenvalue weighted by molar-refractivity contribution is 7.89. The molecule has 0 saturated carbocycles. The van der Waals surface area contributed by atoms with Crippen LogP contribution < -0.4 is 0 Å². The van der Waals surface area contributed by atoms with Gasteiger partial charge >= 0.3 is 0 Å². The standard InChI is InChI=1S/C13H16N2O4S/c1-6-13(3,4)14(5)20(18,19)12-8-7-11(15(16)17)9-10(12)2/h1,7-9H,2-5H3. The third kappa shape index (κ3) is 2.81. The van der Waals surface area contributed by atoms with Crippen molar-refractivity contribution in [3.8, 4) is 12.3 Å². The van der Waals surface area contributed by atoms with Crippen LogP contribution >= 0.6 is 0 Å². The van der Waals surface area contributed by atoms with Crippen LogP contribution in [-0.2, 0) is 10.0 Å². The largest absolute Gasteiger partial charge is 0.269 e. The Morgan fingerprint density at radius 3 is 2.35 bits per heavy atom. The summed E-state index contributed by atoms with van der Waals surface area (Å²) in [5.74, 6) is 2.40. The zero-order chi connectivity index (χ0) is 15.7. The van der Waals surface area contributed by atoms with E-state index in [9.17, 15) is 18.5 Å². The first-order chi connectivity index (χ1) is 9.04. The molecule has 0 heterocycles. The number of aryl methyl sites for hydroxylation is 1. The normalized spacial score (nSPS) is 12.2. The molecule has 1 aromatic carbocycles. The highest BCUT2D eigenvalue weighted by Crippen LogP contribution is 2.27. The van der Waals surface area contributed by atoms with E-state index in [-0.39, 0.29) is 10.6 Å². The molecule has 0 radical (unpaired) electrons. The molecule has 7 heteroatoms. The Bertz CT molecular complexity index is 687. The quantitative estimate of drug-likeness (QED) is 0.483. The van der Waals surface area contributed by atoms with Crippen LogP contribution in [0.5, 0.6) is 0 Å². The van der Waals surface area contributed by atoms with Crippen LogP contribution in [-0.4, -0.2) is 30.2 Å². The van der Waals surface area contributed by atoms with Crippen LogP contribution in [0.25, 0.3) is 0 Å². The average Bonchev–Trinajstić information content (AvgIpc) is 2.37. The Labute approximate surface area is 118 Å². The van der Waals surface area contributed by atoms with Gasteiger partial charge in [0.2, 0.25) is 10.0 Å². The summed E-state index contributed by atoms with van der Waals surface area (Å²) in [5.41, 5.74) is -0.841. The van der Waals surface area contributed by atoms with Crippen LogP contribution in [0.1, 0.15) is 19.4 Å². The third-order valence-electron chi connectivity index (χ3n) is 3.15. The van der Waals surface area contributed by atoms with Gasteiger partial charge in [-0.05, 0) is 32.4 Å². The fourth-order valence-electron chi connectivity index (χ4n) is 1.58. The fourth-order valence-corrected chi connectivity index (χ4v) is 3.23. The maximum absolute atomic E-state index is 12.5. The average molecular weight is 296 g/mol. The summed E-state index contributed by atoms with van der Waals surface area (Å²) in [4.78, 5) is 10.1. The number of nitro groups is 1. The molecule has 0 unspecified atom stereocenters. The van der Waals surface area contributed by atoms with Gasteiger partial charge in [-0.2, -0.15) is 4.31 Å². The van der Waals surface area contributed by atoms with Crippen molar-refractivity contribution in [2.24, 2.45) is 0 Å². The maximum Gasteiger partial charge on any atom is 0.269 e. The van der Waals surface area contributed by atoms with E-state index in [1.807, 2.05) is 0 Å². The lowest BCUT2D eigenvalue weighted by Crippen LogP contribution is -2.43. The maximum atomic E-state index is 12.5. The molecule has 0 bridgehead atoms. The molecular weight excluding hydrogens is 280 g/mol. The molecule has 1 rings (SSSR count). The highest BCUT2D eigenvalue weighted by atomic mass is 32.2. The zero-order valence-electron chi connectivity index (χ0n) is 11.7. The Hall–Kier alpha value is -1.91. The van der Waals surface area contributed by atoms with E-state index >= 15 is 0 Å². The molecule has 0 fully saturated rings. The molecule has 0 N–H and O–H groups in total. The summed E-state index contributed by atoms with van der Waals surface area (Å²) in [6, 6.07) is 3.62. The van der Waals surface area contributed by atoms with Gasteiger partial charge in [-0.3, -0.25) is 10.1 Å². The molecule has 0 spiro atoms. The summed E-state index contributed by atoms with van der Waals surface area (Å²) >= 11 is 0. The van der Waals surface area contributed by atoms with Gasteiger partial charge in [0.05, 0.1) is 15.4 Å². The van der Waals surface area contributed by atoms with Crippen molar-refractivity contribution in [1.82, 2.24) is 4.31 Å². The van der Waals surface area contributed by atoms with Crippen LogP contribution in [0.3, 0.4) is 0 Å². The molecule has 6 nitrogen and oxygen atoms in total. The van der Waals surface area contributed by atoms with Crippen molar-refractivity contribution in [2.45, 2.75) is 31.2 Å². The number of sulfonamides is 1. The van der Waals surface area contributed by atoms with Crippen LogP contribution in [0.15, 0.2) is 23.1 Å². The summed E-state index contributed by atoms with van der Waals surface area (Å²) in [5, 5.41) is 10.7. The van der Waals surface area contributed by atoms with Gasteiger partial charge in [0.1, 0.15) is 0 Å². The second-order valence-electron chi connectivity index (χ2n) is 4.88. The van der Waals surface area contributed by atoms with Crippen molar-refractivity contribution in [3.05, 3.63) is 33.9 Å². The van der Waals surface area contributed by atoms with E-state index in [1.165, 1.54) is 26.1 Å². The summed E-state index contributed by atoms with van der Waals surface area (Å²) < 4.78 is 26.1. The van der Waals surface area contributed by atoms with E-state index in [2.05, 4.69) is 5.92 Å². The fraction of sp³-hybridized carbons (Fsp3) is 0.385. The van der Waals surface area contributed by atoms with Gasteiger partial charge in [-0.1, -0.05) is 5.92 Å². The Morgan fingerprint density at radius 2 is 1.95 bits per heavy atom. The SMILES string of the molecule is C#CC(C)(C)N(C)S(=O)(=O)c1ccc([N+](=O)[O-])cc1C. The molecule has 0 aliphatic rings. The van der Waals surface area contributed by atoms with Crippen molar-refractivity contribution < 1.29 is 13.3 Å². The Kier molecular flexibility index (Phi) is 4.22. The molecule has 0 aliphatic heterocycles. The molecular formula is C13H16N2O4S. The Balaban J connectivity index is 3.38. The van der Waals surface area contributed by atoms with Gasteiger partial charge in [-0.25, -0.2) is 8.42 Å². The van der Waals surface area contributed by atoms with E-state index in [0.717, 1.165) is 10.4 Å². The summed E-state index contributed by atoms with van der Waals surface area (Å²) in [7, 11) is -2.43. The molecule has 0 atom stereocenters. The van der Waals surface area contributed by atoms with Crippen LogP contribution in [0.4, 0.5) is 5.69 Å². The first kappa shape index (κ1) is 16.1. The minimum absolute atomic E-state index is 0.00826. The lowest BCUT2D eigenvalue weighted by molar-refractivity contribution is -0.385. The number of rotatable bonds is 4. The number of nitrogens with zero attached hydrogens (tertiary/aromatic N) is 2. The van der Waals surface area contributed by atoms with Crippen LogP contribution in [0.2, 0.25) is 0 Å². The van der Waals surface area contributed by atoms with E-state index in [0.29, 0.717) is 5.56 Å². The smallest absolute Gasteiger partial charge is 0.258 e. The van der Waals surface area contributed by atoms with Gasteiger partial charge in [-0.15, -0.1) is 6.42 Å². The number of nitro benzene ring substituents is 1. The number of terminal acetylenes is 1. The lowest BCUT2D eigenvalue weighted by Gasteiger charge is -2.30.